The average molecular weight is 429 g/mol. The van der Waals surface area contributed by atoms with Crippen LogP contribution < -0.4 is 5.32 Å². The summed E-state index contributed by atoms with van der Waals surface area (Å²) in [7, 11) is 0. The summed E-state index contributed by atoms with van der Waals surface area (Å²) < 4.78 is 2.08. The smallest absolute Gasteiger partial charge is 0.307 e. The number of aryl methyl sites for hydroxylation is 1. The average Bonchev–Trinajstić information content (AvgIpc) is 3.34. The Kier molecular flexibility index (Phi) is 5.68. The van der Waals surface area contributed by atoms with E-state index in [0.717, 1.165) is 41.8 Å². The summed E-state index contributed by atoms with van der Waals surface area (Å²) in [4.78, 5) is 4.10. The highest BCUT2D eigenvalue weighted by Crippen LogP contribution is 2.36. The Bertz CT molecular complexity index is 1150. The zero-order valence-electron chi connectivity index (χ0n) is 20.1. The fraction of sp³-hybridized carbons (Fsp3) is 0.444. The fourth-order valence-corrected chi connectivity index (χ4v) is 5.39. The second-order valence-electron chi connectivity index (χ2n) is 10.4. The van der Waals surface area contributed by atoms with E-state index in [0.29, 0.717) is 11.7 Å². The van der Waals surface area contributed by atoms with Gasteiger partial charge in [0.25, 0.3) is 6.57 Å². The van der Waals surface area contributed by atoms with E-state index in [9.17, 15) is 0 Å². The number of hydrogen-bond donors (Lipinski definition) is 1. The van der Waals surface area contributed by atoms with Gasteiger partial charge in [-0.15, -0.1) is 5.10 Å². The predicted molar refractivity (Wildman–Crippen MR) is 133 cm³/mol. The molecule has 1 saturated heterocycles. The molecule has 1 N–H and O–H groups in total. The van der Waals surface area contributed by atoms with Crippen LogP contribution in [0.4, 0.5) is 0 Å². The zero-order valence-corrected chi connectivity index (χ0v) is 20.1. The topological polar surface area (TPSA) is 47.1 Å². The standard InChI is InChI=1S/C27H34N5/c1-18-14-21(20-10-8-9-11-20)12-13-23(18)25(28-7)15-24-19(2)32(31-29-24)22-16-26(3,4)30-27(5,6)17-22/h7-8,10-15,22,30H,9,16-17H2,1-6H3/q+1/b25-15-. The molecule has 1 aliphatic heterocycles. The van der Waals surface area contributed by atoms with Crippen LogP contribution in [0, 0.1) is 20.4 Å². The van der Waals surface area contributed by atoms with Gasteiger partial charge in [0.05, 0.1) is 23.4 Å². The molecule has 0 unspecified atom stereocenters. The number of piperidine rings is 1. The van der Waals surface area contributed by atoms with E-state index in [4.69, 9.17) is 6.57 Å². The van der Waals surface area contributed by atoms with Gasteiger partial charge in [0.1, 0.15) is 5.69 Å². The van der Waals surface area contributed by atoms with E-state index in [1.807, 2.05) is 6.08 Å². The molecular weight excluding hydrogens is 394 g/mol. The molecule has 0 spiro atoms. The van der Waals surface area contributed by atoms with Crippen LogP contribution in [0.15, 0.2) is 36.4 Å². The SMILES string of the molecule is C#[N+]/C(=C\c1nnn(C2CC(C)(C)NC(C)(C)C2)c1C)c1ccc(C2=CCC=C2)cc1C. The summed E-state index contributed by atoms with van der Waals surface area (Å²) in [6.07, 6.45) is 11.5. The minimum absolute atomic E-state index is 0.0430. The van der Waals surface area contributed by atoms with Gasteiger partial charge in [-0.25, -0.2) is 4.68 Å². The summed E-state index contributed by atoms with van der Waals surface area (Å²) in [6, 6.07) is 6.71. The molecule has 4 rings (SSSR count). The molecule has 0 amide bonds. The predicted octanol–water partition coefficient (Wildman–Crippen LogP) is 6.18. The lowest BCUT2D eigenvalue weighted by Gasteiger charge is -2.46. The van der Waals surface area contributed by atoms with E-state index >= 15 is 0 Å². The second kappa shape index (κ2) is 8.18. The molecule has 0 radical (unpaired) electrons. The highest BCUT2D eigenvalue weighted by molar-refractivity contribution is 5.87. The monoisotopic (exact) mass is 428 g/mol. The van der Waals surface area contributed by atoms with Crippen molar-refractivity contribution in [1.82, 2.24) is 20.3 Å². The van der Waals surface area contributed by atoms with Crippen molar-refractivity contribution in [3.8, 4) is 6.57 Å². The Labute approximate surface area is 191 Å². The van der Waals surface area contributed by atoms with Gasteiger partial charge in [0, 0.05) is 11.1 Å². The molecule has 1 aliphatic carbocycles. The Morgan fingerprint density at radius 1 is 1.19 bits per heavy atom. The van der Waals surface area contributed by atoms with E-state index < -0.39 is 0 Å². The van der Waals surface area contributed by atoms with Gasteiger partial charge in [-0.1, -0.05) is 35.6 Å². The summed E-state index contributed by atoms with van der Waals surface area (Å²) in [5.41, 5.74) is 7.28. The Morgan fingerprint density at radius 2 is 1.91 bits per heavy atom. The van der Waals surface area contributed by atoms with Gasteiger partial charge >= 0.3 is 5.70 Å². The normalized spacial score (nSPS) is 20.3. The molecule has 166 valence electrons. The van der Waals surface area contributed by atoms with Crippen LogP contribution in [0.3, 0.4) is 0 Å². The minimum atomic E-state index is 0.0430. The minimum Gasteiger partial charge on any atom is -0.307 e. The van der Waals surface area contributed by atoms with Crippen molar-refractivity contribution >= 4 is 17.3 Å². The summed E-state index contributed by atoms with van der Waals surface area (Å²) in [6.45, 7) is 19.0. The third kappa shape index (κ3) is 4.47. The number of nitrogens with zero attached hydrogens (tertiary/aromatic N) is 4. The Hall–Kier alpha value is -2.97. The summed E-state index contributed by atoms with van der Waals surface area (Å²) in [5, 5.41) is 12.8. The van der Waals surface area contributed by atoms with Crippen molar-refractivity contribution in [2.45, 2.75) is 77.9 Å². The summed E-state index contributed by atoms with van der Waals surface area (Å²) >= 11 is 0. The first-order valence-corrected chi connectivity index (χ1v) is 11.4. The molecule has 2 aliphatic rings. The van der Waals surface area contributed by atoms with Crippen molar-refractivity contribution in [2.24, 2.45) is 0 Å². The van der Waals surface area contributed by atoms with E-state index in [1.165, 1.54) is 11.1 Å². The quantitative estimate of drug-likeness (QED) is 0.632. The lowest BCUT2D eigenvalue weighted by molar-refractivity contribution is 0.124. The van der Waals surface area contributed by atoms with Crippen molar-refractivity contribution < 1.29 is 0 Å². The van der Waals surface area contributed by atoms with Crippen LogP contribution >= 0.6 is 0 Å². The first kappa shape index (κ1) is 22.2. The first-order valence-electron chi connectivity index (χ1n) is 11.4. The van der Waals surface area contributed by atoms with Gasteiger partial charge in [-0.3, -0.25) is 0 Å². The molecule has 2 heterocycles. The molecule has 1 fully saturated rings. The van der Waals surface area contributed by atoms with Gasteiger partial charge < -0.3 is 5.32 Å². The largest absolute Gasteiger partial charge is 0.349 e. The molecular formula is C27H34N5+. The highest BCUT2D eigenvalue weighted by atomic mass is 15.4. The summed E-state index contributed by atoms with van der Waals surface area (Å²) in [5.74, 6) is 0. The van der Waals surface area contributed by atoms with Gasteiger partial charge in [-0.05, 0) is 88.4 Å². The molecule has 1 aromatic carbocycles. The van der Waals surface area contributed by atoms with E-state index in [1.54, 1.807) is 0 Å². The third-order valence-electron chi connectivity index (χ3n) is 6.50. The maximum Gasteiger partial charge on any atom is 0.349 e. The zero-order chi connectivity index (χ0) is 23.1. The van der Waals surface area contributed by atoms with Crippen molar-refractivity contribution in [2.75, 3.05) is 0 Å². The Morgan fingerprint density at radius 3 is 2.50 bits per heavy atom. The lowest BCUT2D eigenvalue weighted by Crippen LogP contribution is -2.58. The maximum absolute atomic E-state index is 5.82. The number of benzene rings is 1. The number of rotatable bonds is 4. The Balaban J connectivity index is 1.65. The van der Waals surface area contributed by atoms with Crippen molar-refractivity contribution in [1.29, 1.82) is 0 Å². The van der Waals surface area contributed by atoms with Crippen LogP contribution in [0.1, 0.15) is 81.1 Å². The number of nitrogens with one attached hydrogen (secondary N) is 1. The maximum atomic E-state index is 5.82. The van der Waals surface area contributed by atoms with E-state index in [-0.39, 0.29) is 11.1 Å². The fourth-order valence-electron chi connectivity index (χ4n) is 5.39. The van der Waals surface area contributed by atoms with Crippen molar-refractivity contribution in [3.05, 3.63) is 69.4 Å². The van der Waals surface area contributed by atoms with Crippen LogP contribution in [0.2, 0.25) is 0 Å². The van der Waals surface area contributed by atoms with Crippen LogP contribution in [-0.2, 0) is 0 Å². The lowest BCUT2D eigenvalue weighted by atomic mass is 9.79. The van der Waals surface area contributed by atoms with Crippen molar-refractivity contribution in [3.63, 3.8) is 0 Å². The molecule has 0 saturated carbocycles. The third-order valence-corrected chi connectivity index (χ3v) is 6.50. The van der Waals surface area contributed by atoms with Crippen LogP contribution in [0.5, 0.6) is 0 Å². The first-order chi connectivity index (χ1) is 15.1. The second-order valence-corrected chi connectivity index (χ2v) is 10.4. The number of allylic oxidation sites excluding steroid dienone is 4. The van der Waals surface area contributed by atoms with E-state index in [2.05, 4.69) is 103 Å². The number of hydrogen-bond acceptors (Lipinski definition) is 3. The van der Waals surface area contributed by atoms with Gasteiger partial charge in [-0.2, -0.15) is 0 Å². The highest BCUT2D eigenvalue weighted by Gasteiger charge is 2.39. The molecule has 5 heteroatoms. The molecule has 0 atom stereocenters. The van der Waals surface area contributed by atoms with Gasteiger partial charge in [0.2, 0.25) is 0 Å². The molecule has 32 heavy (non-hydrogen) atoms. The molecule has 1 aromatic heterocycles. The van der Waals surface area contributed by atoms with Gasteiger partial charge in [0.15, 0.2) is 0 Å². The molecule has 0 bridgehead atoms. The molecule has 5 nitrogen and oxygen atoms in total. The molecule has 2 aromatic rings. The number of aromatic nitrogens is 3. The van der Waals surface area contributed by atoms with Crippen LogP contribution in [0.25, 0.3) is 22.2 Å². The van der Waals surface area contributed by atoms with Crippen LogP contribution in [-0.4, -0.2) is 26.1 Å².